The fraction of sp³-hybridized carbons (Fsp3) is 0.889. The van der Waals surface area contributed by atoms with Crippen LogP contribution in [-0.4, -0.2) is 0 Å². The Labute approximate surface area is 115 Å². The van der Waals surface area contributed by atoms with Crippen molar-refractivity contribution in [2.24, 2.45) is 35.5 Å². The molecule has 0 amide bonds. The quantitative estimate of drug-likeness (QED) is 0.491. The number of allylic oxidation sites excluding steroid dienone is 1. The Kier molecular flexibility index (Phi) is 5.95. The first-order chi connectivity index (χ1) is 8.43. The van der Waals surface area contributed by atoms with Gasteiger partial charge in [0.2, 0.25) is 0 Å². The highest BCUT2D eigenvalue weighted by Crippen LogP contribution is 2.49. The molecule has 1 aliphatic carbocycles. The zero-order valence-corrected chi connectivity index (χ0v) is 13.5. The lowest BCUT2D eigenvalue weighted by Gasteiger charge is -2.46. The molecule has 1 saturated carbocycles. The first kappa shape index (κ1) is 15.8. The molecule has 0 aromatic rings. The molecule has 0 N–H and O–H groups in total. The van der Waals surface area contributed by atoms with Crippen LogP contribution in [0.15, 0.2) is 12.2 Å². The van der Waals surface area contributed by atoms with Crippen molar-refractivity contribution in [2.75, 3.05) is 0 Å². The van der Waals surface area contributed by atoms with E-state index in [9.17, 15) is 0 Å². The summed E-state index contributed by atoms with van der Waals surface area (Å²) in [6.45, 7) is 18.7. The van der Waals surface area contributed by atoms with Gasteiger partial charge >= 0.3 is 0 Å². The van der Waals surface area contributed by atoms with E-state index in [1.54, 1.807) is 5.57 Å². The van der Waals surface area contributed by atoms with Gasteiger partial charge in [-0.25, -0.2) is 0 Å². The maximum absolute atomic E-state index is 4.46. The second kappa shape index (κ2) is 6.78. The molecule has 0 aromatic carbocycles. The maximum Gasteiger partial charge on any atom is -0.0172 e. The SMILES string of the molecule is C=C(C(C)C(C)C(C)CC)C1CC(CCC)C1C. The van der Waals surface area contributed by atoms with Gasteiger partial charge in [-0.2, -0.15) is 0 Å². The molecule has 0 nitrogen and oxygen atoms in total. The zero-order valence-electron chi connectivity index (χ0n) is 13.5. The minimum absolute atomic E-state index is 0.690. The van der Waals surface area contributed by atoms with Gasteiger partial charge in [0.25, 0.3) is 0 Å². The van der Waals surface area contributed by atoms with Crippen LogP contribution in [0.4, 0.5) is 0 Å². The molecular weight excluding hydrogens is 216 g/mol. The molecule has 0 heterocycles. The minimum Gasteiger partial charge on any atom is -0.0993 e. The Morgan fingerprint density at radius 2 is 1.83 bits per heavy atom. The van der Waals surface area contributed by atoms with Crippen molar-refractivity contribution in [3.8, 4) is 0 Å². The van der Waals surface area contributed by atoms with E-state index in [-0.39, 0.29) is 0 Å². The van der Waals surface area contributed by atoms with Gasteiger partial charge in [-0.3, -0.25) is 0 Å². The van der Waals surface area contributed by atoms with Gasteiger partial charge in [0, 0.05) is 0 Å². The largest absolute Gasteiger partial charge is 0.0993 e. The van der Waals surface area contributed by atoms with Crippen LogP contribution in [0.3, 0.4) is 0 Å². The van der Waals surface area contributed by atoms with Crippen LogP contribution in [-0.2, 0) is 0 Å². The van der Waals surface area contributed by atoms with Gasteiger partial charge in [0.15, 0.2) is 0 Å². The van der Waals surface area contributed by atoms with E-state index < -0.39 is 0 Å². The summed E-state index contributed by atoms with van der Waals surface area (Å²) in [5, 5.41) is 0. The van der Waals surface area contributed by atoms with Crippen molar-refractivity contribution in [3.63, 3.8) is 0 Å². The van der Waals surface area contributed by atoms with Crippen molar-refractivity contribution in [1.29, 1.82) is 0 Å². The predicted molar refractivity (Wildman–Crippen MR) is 82.6 cm³/mol. The Bertz CT molecular complexity index is 265. The lowest BCUT2D eigenvalue weighted by molar-refractivity contribution is 0.0931. The molecular formula is C18H34. The summed E-state index contributed by atoms with van der Waals surface area (Å²) in [6, 6.07) is 0. The zero-order chi connectivity index (χ0) is 13.9. The van der Waals surface area contributed by atoms with Crippen LogP contribution < -0.4 is 0 Å². The maximum atomic E-state index is 4.46. The number of hydrogen-bond donors (Lipinski definition) is 0. The smallest absolute Gasteiger partial charge is 0.0172 e. The van der Waals surface area contributed by atoms with Gasteiger partial charge in [0.1, 0.15) is 0 Å². The van der Waals surface area contributed by atoms with Gasteiger partial charge < -0.3 is 0 Å². The highest BCUT2D eigenvalue weighted by Gasteiger charge is 2.40. The van der Waals surface area contributed by atoms with Crippen LogP contribution in [0.2, 0.25) is 0 Å². The minimum atomic E-state index is 0.690. The summed E-state index contributed by atoms with van der Waals surface area (Å²) < 4.78 is 0. The molecule has 1 aliphatic rings. The second-order valence-electron chi connectivity index (χ2n) is 6.86. The van der Waals surface area contributed by atoms with Crippen LogP contribution in [0.5, 0.6) is 0 Å². The van der Waals surface area contributed by atoms with Crippen LogP contribution >= 0.6 is 0 Å². The Balaban J connectivity index is 2.51. The van der Waals surface area contributed by atoms with Crippen LogP contribution in [0.1, 0.15) is 67.2 Å². The Morgan fingerprint density at radius 1 is 1.22 bits per heavy atom. The van der Waals surface area contributed by atoms with E-state index in [2.05, 4.69) is 48.1 Å². The summed E-state index contributed by atoms with van der Waals surface area (Å²) in [7, 11) is 0. The summed E-state index contributed by atoms with van der Waals surface area (Å²) in [6.07, 6.45) is 5.45. The molecule has 6 atom stereocenters. The lowest BCUT2D eigenvalue weighted by atomic mass is 9.59. The first-order valence-electron chi connectivity index (χ1n) is 8.12. The summed E-state index contributed by atoms with van der Waals surface area (Å²) in [5.74, 6) is 4.95. The summed E-state index contributed by atoms with van der Waals surface area (Å²) in [5.41, 5.74) is 1.54. The third-order valence-corrected chi connectivity index (χ3v) is 5.99. The Morgan fingerprint density at radius 3 is 2.28 bits per heavy atom. The van der Waals surface area contributed by atoms with Crippen molar-refractivity contribution >= 4 is 0 Å². The molecule has 1 rings (SSSR count). The van der Waals surface area contributed by atoms with Gasteiger partial charge in [-0.15, -0.1) is 0 Å². The molecule has 0 saturated heterocycles. The number of rotatable bonds is 7. The average Bonchev–Trinajstić information content (AvgIpc) is 2.39. The van der Waals surface area contributed by atoms with E-state index in [1.165, 1.54) is 25.7 Å². The fourth-order valence-electron chi connectivity index (χ4n) is 3.67. The topological polar surface area (TPSA) is 0 Å². The highest BCUT2D eigenvalue weighted by atomic mass is 14.4. The monoisotopic (exact) mass is 250 g/mol. The Hall–Kier alpha value is -0.260. The van der Waals surface area contributed by atoms with Crippen molar-refractivity contribution in [3.05, 3.63) is 12.2 Å². The standard InChI is InChI=1S/C18H34/c1-8-10-17-11-18(16(17)7)15(6)14(5)13(4)12(3)9-2/h12-14,16-18H,6,8-11H2,1-5,7H3. The van der Waals surface area contributed by atoms with E-state index in [4.69, 9.17) is 0 Å². The number of hydrogen-bond acceptors (Lipinski definition) is 0. The molecule has 0 bridgehead atoms. The molecule has 106 valence electrons. The van der Waals surface area contributed by atoms with Crippen molar-refractivity contribution < 1.29 is 0 Å². The van der Waals surface area contributed by atoms with Gasteiger partial charge in [0.05, 0.1) is 0 Å². The lowest BCUT2D eigenvalue weighted by Crippen LogP contribution is -2.38. The van der Waals surface area contributed by atoms with Gasteiger partial charge in [-0.05, 0) is 41.9 Å². The molecule has 0 aliphatic heterocycles. The molecule has 0 radical (unpaired) electrons. The third-order valence-electron chi connectivity index (χ3n) is 5.99. The second-order valence-corrected chi connectivity index (χ2v) is 6.86. The molecule has 18 heavy (non-hydrogen) atoms. The molecule has 1 fully saturated rings. The van der Waals surface area contributed by atoms with Crippen LogP contribution in [0, 0.1) is 35.5 Å². The molecule has 0 aromatic heterocycles. The summed E-state index contributed by atoms with van der Waals surface area (Å²) in [4.78, 5) is 0. The fourth-order valence-corrected chi connectivity index (χ4v) is 3.67. The third kappa shape index (κ3) is 3.19. The first-order valence-corrected chi connectivity index (χ1v) is 8.12. The van der Waals surface area contributed by atoms with Gasteiger partial charge in [-0.1, -0.05) is 73.0 Å². The van der Waals surface area contributed by atoms with E-state index in [1.807, 2.05) is 0 Å². The van der Waals surface area contributed by atoms with Crippen molar-refractivity contribution in [1.82, 2.24) is 0 Å². The van der Waals surface area contributed by atoms with Crippen molar-refractivity contribution in [2.45, 2.75) is 67.2 Å². The van der Waals surface area contributed by atoms with E-state index >= 15 is 0 Å². The summed E-state index contributed by atoms with van der Waals surface area (Å²) >= 11 is 0. The van der Waals surface area contributed by atoms with Crippen LogP contribution in [0.25, 0.3) is 0 Å². The highest BCUT2D eigenvalue weighted by molar-refractivity contribution is 5.13. The molecule has 0 spiro atoms. The molecule has 6 unspecified atom stereocenters. The van der Waals surface area contributed by atoms with E-state index in [0.717, 1.165) is 29.6 Å². The normalized spacial score (nSPS) is 32.4. The molecule has 0 heteroatoms. The average molecular weight is 250 g/mol. The van der Waals surface area contributed by atoms with E-state index in [0.29, 0.717) is 5.92 Å². The predicted octanol–water partition coefficient (Wildman–Crippen LogP) is 5.93.